The van der Waals surface area contributed by atoms with E-state index in [-0.39, 0.29) is 0 Å². The fourth-order valence-corrected chi connectivity index (χ4v) is 3.74. The van der Waals surface area contributed by atoms with E-state index in [4.69, 9.17) is 19.1 Å². The van der Waals surface area contributed by atoms with Crippen molar-refractivity contribution in [2.24, 2.45) is 0 Å². The van der Waals surface area contributed by atoms with E-state index < -0.39 is 5.97 Å². The Bertz CT molecular complexity index is 1260. The molecule has 6 nitrogen and oxygen atoms in total. The number of benzene rings is 3. The number of ether oxygens (including phenoxy) is 2. The van der Waals surface area contributed by atoms with Gasteiger partial charge in [0.2, 0.25) is 0 Å². The van der Waals surface area contributed by atoms with Crippen molar-refractivity contribution >= 4 is 23.0 Å². The lowest BCUT2D eigenvalue weighted by Gasteiger charge is -2.12. The molecule has 0 saturated heterocycles. The SMILES string of the molecule is CCCc1c(OCCCOc2ccc(C=CC(=O)O)cc2)ccc2c(-c3ccccc3)noc12. The molecule has 1 aromatic heterocycles. The van der Waals surface area contributed by atoms with Crippen LogP contribution in [-0.4, -0.2) is 29.4 Å². The van der Waals surface area contributed by atoms with Crippen LogP contribution in [0.25, 0.3) is 28.3 Å². The molecule has 1 heterocycles. The summed E-state index contributed by atoms with van der Waals surface area (Å²) >= 11 is 0. The predicted molar refractivity (Wildman–Crippen MR) is 132 cm³/mol. The minimum absolute atomic E-state index is 0.510. The molecule has 0 bridgehead atoms. The van der Waals surface area contributed by atoms with Crippen LogP contribution in [0.2, 0.25) is 0 Å². The van der Waals surface area contributed by atoms with E-state index >= 15 is 0 Å². The molecule has 0 aliphatic carbocycles. The van der Waals surface area contributed by atoms with Gasteiger partial charge in [0, 0.05) is 23.6 Å². The van der Waals surface area contributed by atoms with Crippen LogP contribution < -0.4 is 9.47 Å². The number of aromatic nitrogens is 1. The zero-order valence-electron chi connectivity index (χ0n) is 19.1. The number of aryl methyl sites for hydroxylation is 1. The van der Waals surface area contributed by atoms with Crippen LogP contribution in [0.3, 0.4) is 0 Å². The van der Waals surface area contributed by atoms with Crippen molar-refractivity contribution in [3.63, 3.8) is 0 Å². The molecule has 34 heavy (non-hydrogen) atoms. The Morgan fingerprint density at radius 3 is 2.50 bits per heavy atom. The molecule has 174 valence electrons. The predicted octanol–water partition coefficient (Wildman–Crippen LogP) is 6.39. The highest BCUT2D eigenvalue weighted by molar-refractivity contribution is 5.94. The average molecular weight is 458 g/mol. The first-order chi connectivity index (χ1) is 16.7. The Labute approximate surface area is 198 Å². The van der Waals surface area contributed by atoms with Gasteiger partial charge in [-0.15, -0.1) is 0 Å². The van der Waals surface area contributed by atoms with E-state index in [0.717, 1.165) is 70.2 Å². The van der Waals surface area contributed by atoms with Crippen molar-refractivity contribution in [1.82, 2.24) is 5.16 Å². The van der Waals surface area contributed by atoms with Crippen LogP contribution in [0.1, 0.15) is 30.9 Å². The highest BCUT2D eigenvalue weighted by Crippen LogP contribution is 2.35. The number of hydrogen-bond donors (Lipinski definition) is 1. The quantitative estimate of drug-likeness (QED) is 0.207. The van der Waals surface area contributed by atoms with Gasteiger partial charge in [0.15, 0.2) is 5.58 Å². The summed E-state index contributed by atoms with van der Waals surface area (Å²) in [5.74, 6) is 0.580. The molecule has 4 aromatic rings. The molecule has 3 aromatic carbocycles. The smallest absolute Gasteiger partial charge is 0.328 e. The van der Waals surface area contributed by atoms with Gasteiger partial charge in [-0.25, -0.2) is 4.79 Å². The highest BCUT2D eigenvalue weighted by atomic mass is 16.5. The Morgan fingerprint density at radius 1 is 1.00 bits per heavy atom. The second kappa shape index (κ2) is 11.2. The monoisotopic (exact) mass is 457 g/mol. The summed E-state index contributed by atoms with van der Waals surface area (Å²) in [4.78, 5) is 10.6. The molecule has 0 aliphatic heterocycles. The molecule has 0 spiro atoms. The van der Waals surface area contributed by atoms with Gasteiger partial charge in [-0.1, -0.05) is 61.0 Å². The van der Waals surface area contributed by atoms with Crippen LogP contribution in [0.4, 0.5) is 0 Å². The van der Waals surface area contributed by atoms with Crippen molar-refractivity contribution in [2.45, 2.75) is 26.2 Å². The summed E-state index contributed by atoms with van der Waals surface area (Å²) in [6, 6.07) is 21.3. The van der Waals surface area contributed by atoms with E-state index in [0.29, 0.717) is 13.2 Å². The van der Waals surface area contributed by atoms with Crippen molar-refractivity contribution < 1.29 is 23.9 Å². The van der Waals surface area contributed by atoms with Crippen molar-refractivity contribution in [1.29, 1.82) is 0 Å². The Hall–Kier alpha value is -4.06. The molecular weight excluding hydrogens is 430 g/mol. The maximum Gasteiger partial charge on any atom is 0.328 e. The number of nitrogens with zero attached hydrogens (tertiary/aromatic N) is 1. The first-order valence-electron chi connectivity index (χ1n) is 11.4. The third-order valence-corrected chi connectivity index (χ3v) is 5.36. The van der Waals surface area contributed by atoms with Crippen LogP contribution in [0.15, 0.2) is 77.3 Å². The van der Waals surface area contributed by atoms with E-state index in [9.17, 15) is 4.79 Å². The first-order valence-corrected chi connectivity index (χ1v) is 11.4. The van der Waals surface area contributed by atoms with Crippen LogP contribution in [-0.2, 0) is 11.2 Å². The first kappa shape index (κ1) is 23.1. The topological polar surface area (TPSA) is 81.8 Å². The standard InChI is InChI=1S/C28H27NO5/c1-2-7-23-25(16-15-24-27(29-34-28(23)24)21-8-4-3-5-9-21)33-19-6-18-32-22-13-10-20(11-14-22)12-17-26(30)31/h3-5,8-17H,2,6-7,18-19H2,1H3,(H,30,31). The average Bonchev–Trinajstić information content (AvgIpc) is 3.29. The number of carbonyl (C=O) groups is 1. The molecule has 6 heteroatoms. The second-order valence-electron chi connectivity index (χ2n) is 7.86. The van der Waals surface area contributed by atoms with E-state index in [1.165, 1.54) is 0 Å². The Kier molecular flexibility index (Phi) is 7.60. The molecule has 0 atom stereocenters. The molecular formula is C28H27NO5. The van der Waals surface area contributed by atoms with Gasteiger partial charge in [-0.3, -0.25) is 0 Å². The van der Waals surface area contributed by atoms with Crippen molar-refractivity contribution in [3.05, 3.63) is 83.9 Å². The zero-order chi connectivity index (χ0) is 23.8. The van der Waals surface area contributed by atoms with Crippen molar-refractivity contribution in [2.75, 3.05) is 13.2 Å². The largest absolute Gasteiger partial charge is 0.493 e. The molecule has 1 N–H and O–H groups in total. The van der Waals surface area contributed by atoms with Gasteiger partial charge in [-0.2, -0.15) is 0 Å². The summed E-state index contributed by atoms with van der Waals surface area (Å²) in [6.07, 6.45) is 5.18. The summed E-state index contributed by atoms with van der Waals surface area (Å²) in [5, 5.41) is 14.0. The fourth-order valence-electron chi connectivity index (χ4n) is 3.74. The van der Waals surface area contributed by atoms with Gasteiger partial charge in [-0.05, 0) is 42.3 Å². The zero-order valence-corrected chi connectivity index (χ0v) is 19.1. The maximum atomic E-state index is 10.6. The number of fused-ring (bicyclic) bond motifs is 1. The third-order valence-electron chi connectivity index (χ3n) is 5.36. The number of carboxylic acid groups (broad SMARTS) is 1. The number of carboxylic acids is 1. The van der Waals surface area contributed by atoms with Crippen LogP contribution in [0, 0.1) is 0 Å². The molecule has 0 saturated carbocycles. The molecule has 0 fully saturated rings. The highest BCUT2D eigenvalue weighted by Gasteiger charge is 2.17. The minimum Gasteiger partial charge on any atom is -0.493 e. The second-order valence-corrected chi connectivity index (χ2v) is 7.86. The van der Waals surface area contributed by atoms with Gasteiger partial charge in [0.05, 0.1) is 18.6 Å². The van der Waals surface area contributed by atoms with Gasteiger partial charge in [0.25, 0.3) is 0 Å². The molecule has 0 radical (unpaired) electrons. The Morgan fingerprint density at radius 2 is 1.76 bits per heavy atom. The van der Waals surface area contributed by atoms with Gasteiger partial charge < -0.3 is 19.1 Å². The summed E-state index contributed by atoms with van der Waals surface area (Å²) in [6.45, 7) is 3.16. The number of aliphatic carboxylic acids is 1. The van der Waals surface area contributed by atoms with E-state index in [1.54, 1.807) is 6.08 Å². The Balaban J connectivity index is 1.36. The lowest BCUT2D eigenvalue weighted by atomic mass is 10.0. The summed E-state index contributed by atoms with van der Waals surface area (Å²) < 4.78 is 17.6. The normalized spacial score (nSPS) is 11.2. The van der Waals surface area contributed by atoms with E-state index in [2.05, 4.69) is 12.1 Å². The lowest BCUT2D eigenvalue weighted by Crippen LogP contribution is -2.06. The lowest BCUT2D eigenvalue weighted by molar-refractivity contribution is -0.131. The number of rotatable bonds is 11. The minimum atomic E-state index is -0.971. The summed E-state index contributed by atoms with van der Waals surface area (Å²) in [5.41, 5.74) is 4.50. The molecule has 0 amide bonds. The van der Waals surface area contributed by atoms with Crippen LogP contribution in [0.5, 0.6) is 11.5 Å². The summed E-state index contributed by atoms with van der Waals surface area (Å²) in [7, 11) is 0. The van der Waals surface area contributed by atoms with Gasteiger partial charge >= 0.3 is 5.97 Å². The third kappa shape index (κ3) is 5.64. The maximum absolute atomic E-state index is 10.6. The van der Waals surface area contributed by atoms with Crippen LogP contribution >= 0.6 is 0 Å². The molecule has 4 rings (SSSR count). The fraction of sp³-hybridized carbons (Fsp3) is 0.214. The molecule has 0 aliphatic rings. The van der Waals surface area contributed by atoms with E-state index in [1.807, 2.05) is 66.7 Å². The number of hydrogen-bond acceptors (Lipinski definition) is 5. The van der Waals surface area contributed by atoms with Crippen molar-refractivity contribution in [3.8, 4) is 22.8 Å². The van der Waals surface area contributed by atoms with Gasteiger partial charge in [0.1, 0.15) is 17.2 Å². The molecule has 0 unspecified atom stereocenters.